The molecule has 2 amide bonds. The predicted octanol–water partition coefficient (Wildman–Crippen LogP) is 4.82. The smallest absolute Gasteiger partial charge is 0.280 e. The van der Waals surface area contributed by atoms with Gasteiger partial charge >= 0.3 is 0 Å². The molecule has 160 valence electrons. The highest BCUT2D eigenvalue weighted by molar-refractivity contribution is 6.32. The number of ether oxygens (including phenoxy) is 1. The van der Waals surface area contributed by atoms with Crippen LogP contribution < -0.4 is 15.1 Å². The van der Waals surface area contributed by atoms with E-state index < -0.39 is 0 Å². The summed E-state index contributed by atoms with van der Waals surface area (Å²) in [5.41, 5.74) is 4.53. The number of nitrogens with zero attached hydrogens (tertiary/aromatic N) is 2. The molecule has 0 aromatic heterocycles. The van der Waals surface area contributed by atoms with Crippen molar-refractivity contribution in [3.8, 4) is 5.75 Å². The SMILES string of the molecule is CC1=NN(c2ccccc2)C(=O)/C1=C/c1ccc(OCC(=O)Nc2ccccc2C)cc1. The van der Waals surface area contributed by atoms with Gasteiger partial charge in [-0.15, -0.1) is 0 Å². The number of hydrogen-bond acceptors (Lipinski definition) is 4. The summed E-state index contributed by atoms with van der Waals surface area (Å²) in [6.07, 6.45) is 1.80. The molecule has 0 fully saturated rings. The third-order valence-corrected chi connectivity index (χ3v) is 5.04. The number of benzene rings is 3. The average Bonchev–Trinajstić information content (AvgIpc) is 3.09. The normalized spacial score (nSPS) is 14.4. The van der Waals surface area contributed by atoms with Gasteiger partial charge in [0.05, 0.1) is 17.0 Å². The Morgan fingerprint density at radius 3 is 2.38 bits per heavy atom. The Hall–Kier alpha value is -4.19. The molecule has 1 aliphatic rings. The third kappa shape index (κ3) is 4.75. The Balaban J connectivity index is 1.38. The number of nitrogens with one attached hydrogen (secondary N) is 1. The molecule has 6 heteroatoms. The van der Waals surface area contributed by atoms with Crippen LogP contribution in [-0.2, 0) is 9.59 Å². The molecule has 0 unspecified atom stereocenters. The number of hydrazone groups is 1. The monoisotopic (exact) mass is 425 g/mol. The summed E-state index contributed by atoms with van der Waals surface area (Å²) < 4.78 is 5.59. The third-order valence-electron chi connectivity index (χ3n) is 5.04. The summed E-state index contributed by atoms with van der Waals surface area (Å²) in [6, 6.07) is 24.1. The number of rotatable bonds is 6. The summed E-state index contributed by atoms with van der Waals surface area (Å²) in [5.74, 6) is 0.179. The molecule has 0 bridgehead atoms. The molecule has 0 saturated carbocycles. The first-order valence-corrected chi connectivity index (χ1v) is 10.3. The Bertz CT molecular complexity index is 1200. The van der Waals surface area contributed by atoms with Crippen molar-refractivity contribution in [2.45, 2.75) is 13.8 Å². The van der Waals surface area contributed by atoms with Gasteiger partial charge in [0, 0.05) is 5.69 Å². The van der Waals surface area contributed by atoms with E-state index in [1.165, 1.54) is 5.01 Å². The zero-order valence-electron chi connectivity index (χ0n) is 17.9. The van der Waals surface area contributed by atoms with E-state index in [-0.39, 0.29) is 18.4 Å². The van der Waals surface area contributed by atoms with Gasteiger partial charge in [-0.25, -0.2) is 0 Å². The van der Waals surface area contributed by atoms with Crippen LogP contribution in [0.3, 0.4) is 0 Å². The van der Waals surface area contributed by atoms with E-state index in [1.54, 1.807) is 18.2 Å². The maximum absolute atomic E-state index is 12.8. The van der Waals surface area contributed by atoms with Gasteiger partial charge in [0.25, 0.3) is 11.8 Å². The van der Waals surface area contributed by atoms with Crippen molar-refractivity contribution in [2.24, 2.45) is 5.10 Å². The fourth-order valence-corrected chi connectivity index (χ4v) is 3.30. The molecular formula is C26H23N3O3. The molecule has 6 nitrogen and oxygen atoms in total. The van der Waals surface area contributed by atoms with Crippen molar-refractivity contribution in [2.75, 3.05) is 16.9 Å². The van der Waals surface area contributed by atoms with Crippen LogP contribution in [0.4, 0.5) is 11.4 Å². The number of hydrogen-bond donors (Lipinski definition) is 1. The van der Waals surface area contributed by atoms with E-state index in [4.69, 9.17) is 4.74 Å². The minimum absolute atomic E-state index is 0.0922. The van der Waals surface area contributed by atoms with Gasteiger partial charge in [-0.3, -0.25) is 9.59 Å². The molecule has 3 aromatic rings. The van der Waals surface area contributed by atoms with Crippen molar-refractivity contribution < 1.29 is 14.3 Å². The second-order valence-electron chi connectivity index (χ2n) is 7.42. The Morgan fingerprint density at radius 2 is 1.66 bits per heavy atom. The number of aryl methyl sites for hydroxylation is 1. The summed E-state index contributed by atoms with van der Waals surface area (Å²) in [6.45, 7) is 3.66. The van der Waals surface area contributed by atoms with Crippen LogP contribution in [0.5, 0.6) is 5.75 Å². The van der Waals surface area contributed by atoms with Crippen molar-refractivity contribution in [1.29, 1.82) is 0 Å². The Morgan fingerprint density at radius 1 is 0.969 bits per heavy atom. The Labute approximate surface area is 186 Å². The highest BCUT2D eigenvalue weighted by atomic mass is 16.5. The zero-order chi connectivity index (χ0) is 22.5. The second kappa shape index (κ2) is 9.31. The molecule has 0 saturated heterocycles. The molecule has 0 aliphatic carbocycles. The molecule has 1 aliphatic heterocycles. The lowest BCUT2D eigenvalue weighted by Crippen LogP contribution is -2.21. The van der Waals surface area contributed by atoms with Gasteiger partial charge in [0.15, 0.2) is 6.61 Å². The first-order chi connectivity index (χ1) is 15.5. The lowest BCUT2D eigenvalue weighted by molar-refractivity contribution is -0.118. The lowest BCUT2D eigenvalue weighted by Gasteiger charge is -2.11. The topological polar surface area (TPSA) is 71.0 Å². The number of amides is 2. The van der Waals surface area contributed by atoms with Gasteiger partial charge in [0.2, 0.25) is 0 Å². The molecular weight excluding hydrogens is 402 g/mol. The Kier molecular flexibility index (Phi) is 6.12. The van der Waals surface area contributed by atoms with E-state index in [1.807, 2.05) is 80.6 Å². The van der Waals surface area contributed by atoms with Crippen LogP contribution in [-0.4, -0.2) is 24.1 Å². The summed E-state index contributed by atoms with van der Waals surface area (Å²) >= 11 is 0. The van der Waals surface area contributed by atoms with E-state index in [9.17, 15) is 9.59 Å². The number of carbonyl (C=O) groups is 2. The first kappa shape index (κ1) is 21.1. The van der Waals surface area contributed by atoms with Crippen LogP contribution in [0.25, 0.3) is 6.08 Å². The van der Waals surface area contributed by atoms with Gasteiger partial charge in [-0.05, 0) is 61.4 Å². The zero-order valence-corrected chi connectivity index (χ0v) is 17.9. The molecule has 32 heavy (non-hydrogen) atoms. The summed E-state index contributed by atoms with van der Waals surface area (Å²) in [5, 5.41) is 8.63. The maximum atomic E-state index is 12.8. The molecule has 0 spiro atoms. The van der Waals surface area contributed by atoms with Gasteiger partial charge in [-0.1, -0.05) is 48.5 Å². The number of carbonyl (C=O) groups excluding carboxylic acids is 2. The molecule has 3 aromatic carbocycles. The van der Waals surface area contributed by atoms with E-state index in [0.29, 0.717) is 17.0 Å². The predicted molar refractivity (Wildman–Crippen MR) is 127 cm³/mol. The lowest BCUT2D eigenvalue weighted by atomic mass is 10.1. The van der Waals surface area contributed by atoms with Crippen molar-refractivity contribution in [1.82, 2.24) is 0 Å². The first-order valence-electron chi connectivity index (χ1n) is 10.3. The van der Waals surface area contributed by atoms with Crippen LogP contribution in [0, 0.1) is 6.92 Å². The molecule has 4 rings (SSSR count). The maximum Gasteiger partial charge on any atom is 0.280 e. The van der Waals surface area contributed by atoms with E-state index >= 15 is 0 Å². The molecule has 1 heterocycles. The van der Waals surface area contributed by atoms with E-state index in [0.717, 1.165) is 22.5 Å². The average molecular weight is 425 g/mol. The standard InChI is InChI=1S/C26H23N3O3/c1-18-8-6-7-11-24(18)27-25(30)17-32-22-14-12-20(13-15-22)16-23-19(2)28-29(26(23)31)21-9-4-3-5-10-21/h3-16H,17H2,1-2H3,(H,27,30)/b23-16+. The van der Waals surface area contributed by atoms with Crippen LogP contribution >= 0.6 is 0 Å². The minimum atomic E-state index is -0.227. The van der Waals surface area contributed by atoms with Crippen LogP contribution in [0.15, 0.2) is 89.5 Å². The molecule has 0 radical (unpaired) electrons. The fraction of sp³-hybridized carbons (Fsp3) is 0.115. The number of para-hydroxylation sites is 2. The fourth-order valence-electron chi connectivity index (χ4n) is 3.30. The second-order valence-corrected chi connectivity index (χ2v) is 7.42. The highest BCUT2D eigenvalue weighted by Crippen LogP contribution is 2.25. The van der Waals surface area contributed by atoms with Crippen molar-refractivity contribution >= 4 is 35.0 Å². The quantitative estimate of drug-likeness (QED) is 0.576. The van der Waals surface area contributed by atoms with Crippen molar-refractivity contribution in [3.63, 3.8) is 0 Å². The highest BCUT2D eigenvalue weighted by Gasteiger charge is 2.28. The van der Waals surface area contributed by atoms with Gasteiger partial charge in [-0.2, -0.15) is 10.1 Å². The molecule has 1 N–H and O–H groups in total. The van der Waals surface area contributed by atoms with E-state index in [2.05, 4.69) is 10.4 Å². The van der Waals surface area contributed by atoms with Crippen LogP contribution in [0.2, 0.25) is 0 Å². The summed E-state index contributed by atoms with van der Waals surface area (Å²) in [4.78, 5) is 25.0. The minimum Gasteiger partial charge on any atom is -0.484 e. The summed E-state index contributed by atoms with van der Waals surface area (Å²) in [7, 11) is 0. The largest absolute Gasteiger partial charge is 0.484 e. The van der Waals surface area contributed by atoms with Gasteiger partial charge in [0.1, 0.15) is 5.75 Å². The van der Waals surface area contributed by atoms with Crippen LogP contribution in [0.1, 0.15) is 18.1 Å². The molecule has 0 atom stereocenters. The number of anilines is 2. The van der Waals surface area contributed by atoms with Gasteiger partial charge < -0.3 is 10.1 Å². The van der Waals surface area contributed by atoms with Crippen molar-refractivity contribution in [3.05, 3.63) is 95.6 Å².